The Hall–Kier alpha value is -2.37. The van der Waals surface area contributed by atoms with Gasteiger partial charge in [0.2, 0.25) is 0 Å². The van der Waals surface area contributed by atoms with Crippen LogP contribution in [0.5, 0.6) is 0 Å². The lowest BCUT2D eigenvalue weighted by atomic mass is 10.2. The van der Waals surface area contributed by atoms with Crippen molar-refractivity contribution in [2.75, 3.05) is 0 Å². The van der Waals surface area contributed by atoms with Gasteiger partial charge in [-0.2, -0.15) is 0 Å². The molecule has 0 radical (unpaired) electrons. The molecular weight excluding hydrogens is 208 g/mol. The molecule has 2 rings (SSSR count). The summed E-state index contributed by atoms with van der Waals surface area (Å²) in [4.78, 5) is 26.6. The Labute approximate surface area is 91.1 Å². The second-order valence-electron chi connectivity index (χ2n) is 3.09. The summed E-state index contributed by atoms with van der Waals surface area (Å²) in [5.74, 6) is -0.642. The molecule has 2 aromatic heterocycles. The number of hydrogen-bond acceptors (Lipinski definition) is 5. The minimum absolute atomic E-state index is 0.0952. The lowest BCUT2D eigenvalue weighted by molar-refractivity contribution is 0.0695. The van der Waals surface area contributed by atoms with E-state index in [0.29, 0.717) is 17.2 Å². The van der Waals surface area contributed by atoms with Gasteiger partial charge in [0, 0.05) is 12.4 Å². The fraction of sp³-hybridized carbons (Fsp3) is 0.100. The Kier molecular flexibility index (Phi) is 2.55. The van der Waals surface area contributed by atoms with Crippen molar-refractivity contribution in [3.8, 4) is 11.5 Å². The number of aryl methyl sites for hydroxylation is 1. The third-order valence-electron chi connectivity index (χ3n) is 2.02. The molecule has 0 spiro atoms. The van der Waals surface area contributed by atoms with E-state index >= 15 is 0 Å². The molecule has 0 fully saturated rings. The van der Waals surface area contributed by atoms with E-state index in [0.717, 1.165) is 0 Å². The molecule has 0 aromatic carbocycles. The predicted octanol–water partition coefficient (Wildman–Crippen LogP) is 0.940. The molecule has 0 unspecified atom stereocenters. The second-order valence-corrected chi connectivity index (χ2v) is 3.09. The van der Waals surface area contributed by atoms with E-state index in [1.165, 1.54) is 12.5 Å². The molecule has 0 amide bonds. The van der Waals surface area contributed by atoms with Crippen molar-refractivity contribution >= 4 is 5.97 Å². The number of nitrogens with zero attached hydrogens (tertiary/aromatic N) is 4. The topological polar surface area (TPSA) is 88.9 Å². The van der Waals surface area contributed by atoms with Crippen LogP contribution in [0.3, 0.4) is 0 Å². The molecule has 1 N–H and O–H groups in total. The van der Waals surface area contributed by atoms with Crippen LogP contribution >= 0.6 is 0 Å². The highest BCUT2D eigenvalue weighted by atomic mass is 16.4. The molecule has 2 heterocycles. The first kappa shape index (κ1) is 10.2. The lowest BCUT2D eigenvalue weighted by Gasteiger charge is -2.02. The third-order valence-corrected chi connectivity index (χ3v) is 2.02. The van der Waals surface area contributed by atoms with Crippen LogP contribution < -0.4 is 0 Å². The maximum absolute atomic E-state index is 10.8. The van der Waals surface area contributed by atoms with Gasteiger partial charge in [-0.3, -0.25) is 0 Å². The zero-order valence-electron chi connectivity index (χ0n) is 8.45. The summed E-state index contributed by atoms with van der Waals surface area (Å²) in [6.45, 7) is 1.62. The van der Waals surface area contributed by atoms with Gasteiger partial charge < -0.3 is 5.11 Å². The average molecular weight is 216 g/mol. The predicted molar refractivity (Wildman–Crippen MR) is 54.8 cm³/mol. The van der Waals surface area contributed by atoms with Crippen LogP contribution in [0.4, 0.5) is 0 Å². The van der Waals surface area contributed by atoms with Crippen LogP contribution in [0, 0.1) is 6.92 Å². The standard InChI is InChI=1S/C10H8N4O2/c1-6-7(10(15)16)4-12-9(14-6)8-2-3-11-5-13-8/h2-5H,1H3,(H,15,16). The Morgan fingerprint density at radius 3 is 2.75 bits per heavy atom. The number of aromatic nitrogens is 4. The normalized spacial score (nSPS) is 10.1. The molecule has 0 saturated carbocycles. The van der Waals surface area contributed by atoms with Gasteiger partial charge in [0.15, 0.2) is 5.82 Å². The summed E-state index contributed by atoms with van der Waals surface area (Å²) in [6, 6.07) is 1.66. The zero-order valence-corrected chi connectivity index (χ0v) is 8.45. The smallest absolute Gasteiger partial charge is 0.339 e. The SMILES string of the molecule is Cc1nc(-c2ccncn2)ncc1C(=O)O. The first-order chi connectivity index (χ1) is 7.68. The molecule has 0 atom stereocenters. The van der Waals surface area contributed by atoms with Crippen LogP contribution in [0.15, 0.2) is 24.8 Å². The Morgan fingerprint density at radius 2 is 2.19 bits per heavy atom. The van der Waals surface area contributed by atoms with Gasteiger partial charge in [-0.1, -0.05) is 0 Å². The summed E-state index contributed by atoms with van der Waals surface area (Å²) in [6.07, 6.45) is 4.24. The number of aromatic carboxylic acids is 1. The van der Waals surface area contributed by atoms with Crippen molar-refractivity contribution in [1.82, 2.24) is 19.9 Å². The van der Waals surface area contributed by atoms with Gasteiger partial charge in [-0.05, 0) is 13.0 Å². The number of carboxylic acids is 1. The average Bonchev–Trinajstić information content (AvgIpc) is 2.29. The number of carboxylic acid groups (broad SMARTS) is 1. The molecule has 0 aliphatic heterocycles. The maximum atomic E-state index is 10.8. The second kappa shape index (κ2) is 4.01. The summed E-state index contributed by atoms with van der Waals surface area (Å²) < 4.78 is 0. The van der Waals surface area contributed by atoms with Crippen molar-refractivity contribution in [3.05, 3.63) is 36.0 Å². The highest BCUT2D eigenvalue weighted by Crippen LogP contribution is 2.12. The highest BCUT2D eigenvalue weighted by Gasteiger charge is 2.11. The van der Waals surface area contributed by atoms with Crippen LogP contribution in [0.25, 0.3) is 11.5 Å². The van der Waals surface area contributed by atoms with Gasteiger partial charge in [0.05, 0.1) is 11.3 Å². The summed E-state index contributed by atoms with van der Waals surface area (Å²) in [7, 11) is 0. The van der Waals surface area contributed by atoms with Crippen LogP contribution in [0.1, 0.15) is 16.1 Å². The van der Waals surface area contributed by atoms with E-state index in [1.54, 1.807) is 19.2 Å². The van der Waals surface area contributed by atoms with Gasteiger partial charge in [-0.25, -0.2) is 24.7 Å². The van der Waals surface area contributed by atoms with Crippen molar-refractivity contribution in [2.45, 2.75) is 6.92 Å². The maximum Gasteiger partial charge on any atom is 0.339 e. The summed E-state index contributed by atoms with van der Waals surface area (Å²) in [5, 5.41) is 8.82. The first-order valence-corrected chi connectivity index (χ1v) is 4.52. The molecule has 6 nitrogen and oxygen atoms in total. The number of hydrogen-bond donors (Lipinski definition) is 1. The summed E-state index contributed by atoms with van der Waals surface area (Å²) in [5.41, 5.74) is 1.07. The molecule has 0 saturated heterocycles. The van der Waals surface area contributed by atoms with Crippen LogP contribution in [-0.2, 0) is 0 Å². The quantitative estimate of drug-likeness (QED) is 0.803. The van der Waals surface area contributed by atoms with Gasteiger partial charge in [0.1, 0.15) is 12.0 Å². The van der Waals surface area contributed by atoms with E-state index in [2.05, 4.69) is 19.9 Å². The molecule has 16 heavy (non-hydrogen) atoms. The third kappa shape index (κ3) is 1.85. The molecule has 2 aromatic rings. The number of carbonyl (C=O) groups is 1. The zero-order chi connectivity index (χ0) is 11.5. The van der Waals surface area contributed by atoms with Crippen molar-refractivity contribution in [2.24, 2.45) is 0 Å². The molecule has 0 aliphatic carbocycles. The molecule has 0 bridgehead atoms. The number of rotatable bonds is 2. The van der Waals surface area contributed by atoms with Crippen molar-refractivity contribution < 1.29 is 9.90 Å². The Bertz CT molecular complexity index is 528. The van der Waals surface area contributed by atoms with E-state index < -0.39 is 5.97 Å². The fourth-order valence-corrected chi connectivity index (χ4v) is 1.22. The minimum Gasteiger partial charge on any atom is -0.478 e. The molecular formula is C10H8N4O2. The Balaban J connectivity index is 2.46. The van der Waals surface area contributed by atoms with Gasteiger partial charge >= 0.3 is 5.97 Å². The van der Waals surface area contributed by atoms with E-state index in [-0.39, 0.29) is 5.56 Å². The first-order valence-electron chi connectivity index (χ1n) is 4.52. The van der Waals surface area contributed by atoms with Gasteiger partial charge in [0.25, 0.3) is 0 Å². The molecule has 0 aliphatic rings. The van der Waals surface area contributed by atoms with E-state index in [1.807, 2.05) is 0 Å². The van der Waals surface area contributed by atoms with Crippen LogP contribution in [-0.4, -0.2) is 31.0 Å². The molecule has 6 heteroatoms. The highest BCUT2D eigenvalue weighted by molar-refractivity contribution is 5.88. The van der Waals surface area contributed by atoms with Crippen molar-refractivity contribution in [3.63, 3.8) is 0 Å². The van der Waals surface area contributed by atoms with Crippen LogP contribution in [0.2, 0.25) is 0 Å². The molecule has 80 valence electrons. The van der Waals surface area contributed by atoms with E-state index in [4.69, 9.17) is 5.11 Å². The monoisotopic (exact) mass is 216 g/mol. The summed E-state index contributed by atoms with van der Waals surface area (Å²) >= 11 is 0. The van der Waals surface area contributed by atoms with Crippen molar-refractivity contribution in [1.29, 1.82) is 0 Å². The largest absolute Gasteiger partial charge is 0.478 e. The van der Waals surface area contributed by atoms with Gasteiger partial charge in [-0.15, -0.1) is 0 Å². The lowest BCUT2D eigenvalue weighted by Crippen LogP contribution is -2.04. The fourth-order valence-electron chi connectivity index (χ4n) is 1.22. The van der Waals surface area contributed by atoms with E-state index in [9.17, 15) is 4.79 Å². The Morgan fingerprint density at radius 1 is 1.38 bits per heavy atom. The minimum atomic E-state index is -1.04.